The van der Waals surface area contributed by atoms with Crippen molar-refractivity contribution in [2.75, 3.05) is 13.2 Å². The predicted molar refractivity (Wildman–Crippen MR) is 215 cm³/mol. The van der Waals surface area contributed by atoms with Crippen LogP contribution in [0.25, 0.3) is 32.9 Å². The van der Waals surface area contributed by atoms with Crippen molar-refractivity contribution in [1.82, 2.24) is 29.7 Å². The van der Waals surface area contributed by atoms with Crippen molar-refractivity contribution in [2.45, 2.75) is 57.0 Å². The van der Waals surface area contributed by atoms with E-state index in [9.17, 15) is 19.2 Å². The van der Waals surface area contributed by atoms with Crippen molar-refractivity contribution in [3.8, 4) is 40.3 Å². The first-order valence-corrected chi connectivity index (χ1v) is 19.4. The summed E-state index contributed by atoms with van der Waals surface area (Å²) in [6, 6.07) is 19.6. The molecule has 1 N–H and O–H groups in total. The quantitative estimate of drug-likeness (QED) is 0.132. The molecule has 0 radical (unpaired) electrons. The van der Waals surface area contributed by atoms with Gasteiger partial charge in [-0.05, 0) is 73.4 Å². The third kappa shape index (κ3) is 7.55. The van der Waals surface area contributed by atoms with E-state index < -0.39 is 29.7 Å². The Hall–Kier alpha value is -7.11. The van der Waals surface area contributed by atoms with Gasteiger partial charge in [0.25, 0.3) is 11.8 Å². The lowest BCUT2D eigenvalue weighted by molar-refractivity contribution is -0.136. The molecule has 2 aromatic carbocycles. The number of pyridine rings is 3. The summed E-state index contributed by atoms with van der Waals surface area (Å²) >= 11 is 0. The third-order valence-corrected chi connectivity index (χ3v) is 10.8. The topological polar surface area (TPSA) is 164 Å². The van der Waals surface area contributed by atoms with E-state index in [0.29, 0.717) is 23.1 Å². The lowest BCUT2D eigenvalue weighted by Gasteiger charge is -2.34. The van der Waals surface area contributed by atoms with Crippen LogP contribution in [0.2, 0.25) is 0 Å². The maximum atomic E-state index is 13.1. The number of carbonyl (C=O) groups is 4. The normalized spacial score (nSPS) is 19.2. The molecule has 6 aromatic rings. The van der Waals surface area contributed by atoms with Gasteiger partial charge in [-0.3, -0.25) is 34.4 Å². The first-order chi connectivity index (χ1) is 28.7. The van der Waals surface area contributed by atoms with Crippen LogP contribution in [0.1, 0.15) is 59.0 Å². The van der Waals surface area contributed by atoms with Gasteiger partial charge in [-0.2, -0.15) is 0 Å². The van der Waals surface area contributed by atoms with Gasteiger partial charge in [0, 0.05) is 72.8 Å². The van der Waals surface area contributed by atoms with Gasteiger partial charge in [0.2, 0.25) is 17.7 Å². The van der Waals surface area contributed by atoms with Crippen LogP contribution in [-0.4, -0.2) is 85.6 Å². The first kappa shape index (κ1) is 37.5. The summed E-state index contributed by atoms with van der Waals surface area (Å²) in [4.78, 5) is 64.0. The number of piperidine rings is 1. The van der Waals surface area contributed by atoms with Crippen LogP contribution in [0.4, 0.5) is 0 Å². The van der Waals surface area contributed by atoms with E-state index in [1.54, 1.807) is 18.3 Å². The number of hydrogen-bond acceptors (Lipinski definition) is 11. The number of nitrogens with one attached hydrogen (secondary N) is 1. The minimum Gasteiger partial charge on any atom is -0.491 e. The van der Waals surface area contributed by atoms with E-state index in [-0.39, 0.29) is 55.5 Å². The molecule has 3 aliphatic rings. The number of aromatic nitrogens is 4. The molecule has 0 spiro atoms. The monoisotopic (exact) mass is 790 g/mol. The van der Waals surface area contributed by atoms with Gasteiger partial charge in [-0.15, -0.1) is 0 Å². The second-order valence-corrected chi connectivity index (χ2v) is 14.8. The highest BCUT2D eigenvalue weighted by Crippen LogP contribution is 2.34. The number of amides is 4. The van der Waals surface area contributed by atoms with Gasteiger partial charge in [-0.25, -0.2) is 9.97 Å². The number of nitrogens with zero attached hydrogens (tertiary/aromatic N) is 5. The highest BCUT2D eigenvalue weighted by Gasteiger charge is 2.44. The van der Waals surface area contributed by atoms with E-state index in [4.69, 9.17) is 18.9 Å². The smallest absolute Gasteiger partial charge is 0.262 e. The van der Waals surface area contributed by atoms with Crippen molar-refractivity contribution in [3.63, 3.8) is 0 Å². The van der Waals surface area contributed by atoms with Crippen molar-refractivity contribution in [1.29, 1.82) is 0 Å². The molecule has 4 amide bonds. The van der Waals surface area contributed by atoms with Crippen LogP contribution in [0.3, 0.4) is 0 Å². The molecule has 1 saturated heterocycles. The number of carbonyl (C=O) groups excluding carboxylic acids is 4. The molecule has 14 nitrogen and oxygen atoms in total. The first-order valence-electron chi connectivity index (χ1n) is 19.4. The van der Waals surface area contributed by atoms with Gasteiger partial charge in [0.15, 0.2) is 0 Å². The molecular formula is C45H38N6O8. The van der Waals surface area contributed by atoms with E-state index >= 15 is 0 Å². The van der Waals surface area contributed by atoms with Gasteiger partial charge in [-0.1, -0.05) is 18.1 Å². The zero-order chi connectivity index (χ0) is 40.6. The van der Waals surface area contributed by atoms with Crippen LogP contribution in [-0.2, 0) is 21.4 Å². The molecular weight excluding hydrogens is 753 g/mol. The summed E-state index contributed by atoms with van der Waals surface area (Å²) in [7, 11) is 2.07. The molecule has 296 valence electrons. The van der Waals surface area contributed by atoms with E-state index in [1.165, 1.54) is 17.5 Å². The zero-order valence-electron chi connectivity index (χ0n) is 32.2. The summed E-state index contributed by atoms with van der Waals surface area (Å²) in [5.41, 5.74) is 5.30. The average Bonchev–Trinajstić information content (AvgIpc) is 3.66. The van der Waals surface area contributed by atoms with Crippen molar-refractivity contribution in [2.24, 2.45) is 7.05 Å². The largest absolute Gasteiger partial charge is 0.491 e. The van der Waals surface area contributed by atoms with Crippen LogP contribution < -0.4 is 19.5 Å². The van der Waals surface area contributed by atoms with Crippen molar-refractivity contribution >= 4 is 45.4 Å². The minimum atomic E-state index is -1.03. The van der Waals surface area contributed by atoms with Gasteiger partial charge in [0.1, 0.15) is 48.7 Å². The number of fused-ring (bicyclic) bond motifs is 4. The second-order valence-electron chi connectivity index (χ2n) is 14.8. The summed E-state index contributed by atoms with van der Waals surface area (Å²) in [6.07, 6.45) is 8.56. The molecule has 9 rings (SSSR count). The van der Waals surface area contributed by atoms with Gasteiger partial charge in [0.05, 0.1) is 28.9 Å². The van der Waals surface area contributed by atoms with Crippen LogP contribution in [0.5, 0.6) is 17.4 Å². The number of rotatable bonds is 11. The molecule has 59 heavy (non-hydrogen) atoms. The Morgan fingerprint density at radius 3 is 2.42 bits per heavy atom. The maximum Gasteiger partial charge on any atom is 0.262 e. The van der Waals surface area contributed by atoms with Crippen LogP contribution in [0, 0.1) is 11.8 Å². The number of ether oxygens (including phenoxy) is 4. The van der Waals surface area contributed by atoms with Crippen molar-refractivity contribution in [3.05, 3.63) is 108 Å². The molecule has 1 aliphatic carbocycles. The molecule has 2 aliphatic heterocycles. The summed E-state index contributed by atoms with van der Waals surface area (Å²) in [6.45, 7) is 2.14. The lowest BCUT2D eigenvalue weighted by atomic mass is 9.92. The molecule has 14 heteroatoms. The Labute approximate surface area is 338 Å². The maximum absolute atomic E-state index is 13.1. The fourth-order valence-electron chi connectivity index (χ4n) is 7.56. The number of imide groups is 2. The highest BCUT2D eigenvalue weighted by atomic mass is 16.5. The Morgan fingerprint density at radius 2 is 1.63 bits per heavy atom. The van der Waals surface area contributed by atoms with Crippen molar-refractivity contribution < 1.29 is 38.1 Å². The summed E-state index contributed by atoms with van der Waals surface area (Å²) in [5, 5.41) is 4.50. The molecule has 6 heterocycles. The molecule has 0 bridgehead atoms. The molecule has 4 aromatic heterocycles. The summed E-state index contributed by atoms with van der Waals surface area (Å²) in [5.74, 6) is 5.31. The molecule has 2 fully saturated rings. The fraction of sp³-hybridized carbons (Fsp3) is 0.267. The van der Waals surface area contributed by atoms with E-state index in [1.807, 2.05) is 49.8 Å². The number of aryl methyl sites for hydroxylation is 1. The third-order valence-electron chi connectivity index (χ3n) is 10.8. The fourth-order valence-corrected chi connectivity index (χ4v) is 7.56. The highest BCUT2D eigenvalue weighted by molar-refractivity contribution is 6.23. The van der Waals surface area contributed by atoms with Crippen LogP contribution >= 0.6 is 0 Å². The summed E-state index contributed by atoms with van der Waals surface area (Å²) < 4.78 is 26.0. The zero-order valence-corrected chi connectivity index (χ0v) is 32.2. The van der Waals surface area contributed by atoms with Gasteiger partial charge < -0.3 is 23.5 Å². The standard InChI is InChI=1S/C45H38N6O8/c1-26(25-57-30-9-11-35-36(21-30)45(55)51(44(35)54)39-12-13-41(52)49-43(39)53)56-17-3-4-29-7-8-31(23-47-29)58-32-19-33(20-32)59-42-14-6-28(22-48-42)27-5-10-34-37-24-46-16-15-38(37)50(2)40(34)18-27/h5-11,14-16,18,21-24,26,32-33,39H,12-13,17,19-20,25H2,1-2H3,(H,49,52,53)/t26?,32-,33-,39?. The molecule has 1 saturated carbocycles. The van der Waals surface area contributed by atoms with Gasteiger partial charge >= 0.3 is 0 Å². The Morgan fingerprint density at radius 1 is 0.814 bits per heavy atom. The Bertz CT molecular complexity index is 2700. The Kier molecular flexibility index (Phi) is 9.95. The number of benzene rings is 2. The second kappa shape index (κ2) is 15.7. The van der Waals surface area contributed by atoms with E-state index in [0.717, 1.165) is 45.3 Å². The molecule has 2 atom stereocenters. The van der Waals surface area contributed by atoms with E-state index in [2.05, 4.69) is 61.9 Å². The SMILES string of the molecule is CC(COc1ccc2c(c1)C(=O)N(C1CCC(=O)NC1=O)C2=O)OCC#Cc1ccc(O[C@H]2C[C@H](Oc3ccc(-c4ccc5c6cnccc6n(C)c5c4)cn3)C2)cn1. The van der Waals surface area contributed by atoms with Crippen LogP contribution in [0.15, 0.2) is 91.5 Å². The number of hydrogen-bond donors (Lipinski definition) is 1. The minimum absolute atomic E-state index is 0.0187. The Balaban J connectivity index is 0.695. The predicted octanol–water partition coefficient (Wildman–Crippen LogP) is 5.41. The average molecular weight is 791 g/mol. The lowest BCUT2D eigenvalue weighted by Crippen LogP contribution is -2.54. The molecule has 2 unspecified atom stereocenters.